The van der Waals surface area contributed by atoms with Crippen molar-refractivity contribution in [1.82, 2.24) is 24.7 Å². The Labute approximate surface area is 156 Å². The maximum atomic E-state index is 5.46. The van der Waals surface area contributed by atoms with Gasteiger partial charge in [0.05, 0.1) is 29.5 Å². The van der Waals surface area contributed by atoms with Crippen LogP contribution in [-0.2, 0) is 6.54 Å². The third-order valence-corrected chi connectivity index (χ3v) is 4.23. The molecule has 4 rings (SSSR count). The fraction of sp³-hybridized carbons (Fsp3) is 0.263. The number of anilines is 1. The summed E-state index contributed by atoms with van der Waals surface area (Å²) in [7, 11) is 0. The van der Waals surface area contributed by atoms with E-state index in [1.807, 2.05) is 43.1 Å². The second kappa shape index (κ2) is 7.45. The first-order valence-electron chi connectivity index (χ1n) is 8.75. The van der Waals surface area contributed by atoms with E-state index in [0.29, 0.717) is 11.7 Å². The van der Waals surface area contributed by atoms with Crippen LogP contribution >= 0.6 is 0 Å². The molecule has 0 radical (unpaired) electrons. The van der Waals surface area contributed by atoms with Gasteiger partial charge in [0.1, 0.15) is 5.76 Å². The Morgan fingerprint density at radius 1 is 1.22 bits per heavy atom. The van der Waals surface area contributed by atoms with Crippen molar-refractivity contribution in [1.29, 1.82) is 0 Å². The average molecular weight is 364 g/mol. The van der Waals surface area contributed by atoms with Crippen LogP contribution in [0.15, 0.2) is 52.3 Å². The maximum Gasteiger partial charge on any atom is 0.223 e. The Kier molecular flexibility index (Phi) is 4.69. The molecule has 0 spiro atoms. The summed E-state index contributed by atoms with van der Waals surface area (Å²) in [5.74, 6) is 1.99. The Morgan fingerprint density at radius 3 is 2.85 bits per heavy atom. The predicted molar refractivity (Wildman–Crippen MR) is 100 cm³/mol. The van der Waals surface area contributed by atoms with E-state index in [1.54, 1.807) is 18.7 Å². The molecule has 0 aliphatic heterocycles. The van der Waals surface area contributed by atoms with Gasteiger partial charge in [-0.2, -0.15) is 0 Å². The van der Waals surface area contributed by atoms with Crippen molar-refractivity contribution in [2.45, 2.75) is 26.8 Å². The minimum Gasteiger partial charge on any atom is -0.469 e. The first-order valence-corrected chi connectivity index (χ1v) is 8.75. The second-order valence-electron chi connectivity index (χ2n) is 6.26. The van der Waals surface area contributed by atoms with E-state index in [2.05, 4.69) is 20.4 Å². The summed E-state index contributed by atoms with van der Waals surface area (Å²) in [6.45, 7) is 5.43. The summed E-state index contributed by atoms with van der Waals surface area (Å²) in [5.41, 5.74) is 3.25. The van der Waals surface area contributed by atoms with E-state index in [-0.39, 0.29) is 0 Å². The molecule has 27 heavy (non-hydrogen) atoms. The van der Waals surface area contributed by atoms with Crippen LogP contribution in [0.3, 0.4) is 0 Å². The van der Waals surface area contributed by atoms with Crippen molar-refractivity contribution < 1.29 is 8.94 Å². The van der Waals surface area contributed by atoms with Crippen molar-refractivity contribution in [3.8, 4) is 22.6 Å². The highest BCUT2D eigenvalue weighted by Gasteiger charge is 2.18. The second-order valence-corrected chi connectivity index (χ2v) is 6.26. The number of rotatable bonds is 7. The topological polar surface area (TPSA) is 94.8 Å². The summed E-state index contributed by atoms with van der Waals surface area (Å²) < 4.78 is 12.9. The largest absolute Gasteiger partial charge is 0.469 e. The van der Waals surface area contributed by atoms with Crippen LogP contribution in [0, 0.1) is 13.8 Å². The van der Waals surface area contributed by atoms with Gasteiger partial charge in [-0.15, -0.1) is 0 Å². The summed E-state index contributed by atoms with van der Waals surface area (Å²) in [5, 5.41) is 7.25. The fourth-order valence-electron chi connectivity index (χ4n) is 2.85. The smallest absolute Gasteiger partial charge is 0.223 e. The minimum absolute atomic E-state index is 0.566. The van der Waals surface area contributed by atoms with Gasteiger partial charge in [0, 0.05) is 43.3 Å². The van der Waals surface area contributed by atoms with Gasteiger partial charge in [0.25, 0.3) is 0 Å². The molecule has 0 saturated heterocycles. The number of hydrogen-bond donors (Lipinski definition) is 1. The Hall–Kier alpha value is -3.42. The third kappa shape index (κ3) is 3.74. The van der Waals surface area contributed by atoms with Crippen LogP contribution < -0.4 is 5.32 Å². The lowest BCUT2D eigenvalue weighted by molar-refractivity contribution is 0.427. The SMILES string of the molecule is Cc1cc(-c2cnc(NCCCn3ccnc3)nc2-c2ccoc2C)on1. The molecular formula is C19H20N6O2. The Balaban J connectivity index is 1.56. The standard InChI is InChI=1S/C19H20N6O2/c1-13-10-17(27-24-13)16-11-22-19(21-5-3-7-25-8-6-20-12-25)23-18(16)15-4-9-26-14(15)2/h4,6,8-12H,3,5,7H2,1-2H3,(H,21,22,23). The molecule has 0 aliphatic carbocycles. The molecule has 0 atom stereocenters. The molecule has 4 aromatic rings. The van der Waals surface area contributed by atoms with Crippen LogP contribution in [0.5, 0.6) is 0 Å². The molecule has 0 aliphatic rings. The summed E-state index contributed by atoms with van der Waals surface area (Å²) >= 11 is 0. The van der Waals surface area contributed by atoms with Crippen molar-refractivity contribution in [3.63, 3.8) is 0 Å². The van der Waals surface area contributed by atoms with Crippen molar-refractivity contribution in [3.05, 3.63) is 54.8 Å². The molecule has 8 nitrogen and oxygen atoms in total. The molecule has 138 valence electrons. The van der Waals surface area contributed by atoms with Crippen LogP contribution in [-0.4, -0.2) is 31.2 Å². The molecule has 4 aromatic heterocycles. The monoisotopic (exact) mass is 364 g/mol. The lowest BCUT2D eigenvalue weighted by atomic mass is 10.1. The van der Waals surface area contributed by atoms with Gasteiger partial charge in [-0.3, -0.25) is 0 Å². The highest BCUT2D eigenvalue weighted by molar-refractivity contribution is 5.79. The van der Waals surface area contributed by atoms with Gasteiger partial charge < -0.3 is 18.8 Å². The van der Waals surface area contributed by atoms with Crippen molar-refractivity contribution in [2.24, 2.45) is 0 Å². The fourth-order valence-corrected chi connectivity index (χ4v) is 2.85. The third-order valence-electron chi connectivity index (χ3n) is 4.23. The Bertz CT molecular complexity index is 1020. The van der Waals surface area contributed by atoms with Gasteiger partial charge in [0.15, 0.2) is 5.76 Å². The number of aryl methyl sites for hydroxylation is 3. The first kappa shape index (κ1) is 17.0. The molecule has 0 fully saturated rings. The molecule has 1 N–H and O–H groups in total. The number of furan rings is 1. The van der Waals surface area contributed by atoms with E-state index in [0.717, 1.165) is 47.8 Å². The van der Waals surface area contributed by atoms with Gasteiger partial charge >= 0.3 is 0 Å². The number of aromatic nitrogens is 5. The zero-order valence-electron chi connectivity index (χ0n) is 15.2. The number of nitrogens with one attached hydrogen (secondary N) is 1. The van der Waals surface area contributed by atoms with Crippen LogP contribution in [0.25, 0.3) is 22.6 Å². The van der Waals surface area contributed by atoms with Gasteiger partial charge in [-0.05, 0) is 26.3 Å². The lowest BCUT2D eigenvalue weighted by Gasteiger charge is -2.09. The van der Waals surface area contributed by atoms with E-state index >= 15 is 0 Å². The van der Waals surface area contributed by atoms with Crippen molar-refractivity contribution in [2.75, 3.05) is 11.9 Å². The minimum atomic E-state index is 0.566. The summed E-state index contributed by atoms with van der Waals surface area (Å²) in [6, 6.07) is 3.77. The average Bonchev–Trinajstić information content (AvgIpc) is 3.41. The molecular weight excluding hydrogens is 344 g/mol. The summed E-state index contributed by atoms with van der Waals surface area (Å²) in [4.78, 5) is 13.2. The first-order chi connectivity index (χ1) is 13.2. The van der Waals surface area contributed by atoms with Crippen LogP contribution in [0.1, 0.15) is 17.9 Å². The molecule has 0 saturated carbocycles. The number of imidazole rings is 1. The van der Waals surface area contributed by atoms with Crippen molar-refractivity contribution >= 4 is 5.95 Å². The maximum absolute atomic E-state index is 5.46. The van der Waals surface area contributed by atoms with Crippen LogP contribution in [0.4, 0.5) is 5.95 Å². The quantitative estimate of drug-likeness (QED) is 0.499. The predicted octanol–water partition coefficient (Wildman–Crippen LogP) is 3.71. The van der Waals surface area contributed by atoms with Gasteiger partial charge in [-0.1, -0.05) is 5.16 Å². The molecule has 0 bridgehead atoms. The number of nitrogens with zero attached hydrogens (tertiary/aromatic N) is 5. The molecule has 0 amide bonds. The van der Waals surface area contributed by atoms with E-state index in [1.165, 1.54) is 0 Å². The van der Waals surface area contributed by atoms with Gasteiger partial charge in [-0.25, -0.2) is 15.0 Å². The molecule has 0 unspecified atom stereocenters. The van der Waals surface area contributed by atoms with Crippen LogP contribution in [0.2, 0.25) is 0 Å². The molecule has 0 aromatic carbocycles. The van der Waals surface area contributed by atoms with E-state index in [4.69, 9.17) is 13.9 Å². The Morgan fingerprint density at radius 2 is 2.15 bits per heavy atom. The normalized spacial score (nSPS) is 11.0. The van der Waals surface area contributed by atoms with Gasteiger partial charge in [0.2, 0.25) is 5.95 Å². The molecule has 8 heteroatoms. The highest BCUT2D eigenvalue weighted by Crippen LogP contribution is 2.33. The summed E-state index contributed by atoms with van der Waals surface area (Å²) in [6.07, 6.45) is 9.88. The zero-order chi connectivity index (χ0) is 18.6. The zero-order valence-corrected chi connectivity index (χ0v) is 15.2. The molecule has 4 heterocycles. The lowest BCUT2D eigenvalue weighted by Crippen LogP contribution is -2.09. The van der Waals surface area contributed by atoms with E-state index in [9.17, 15) is 0 Å². The van der Waals surface area contributed by atoms with E-state index < -0.39 is 0 Å². The highest BCUT2D eigenvalue weighted by atomic mass is 16.5. The number of hydrogen-bond acceptors (Lipinski definition) is 7.